The highest BCUT2D eigenvalue weighted by Crippen LogP contribution is 2.65. The van der Waals surface area contributed by atoms with Crippen molar-refractivity contribution in [3.63, 3.8) is 0 Å². The molecule has 0 radical (unpaired) electrons. The second-order valence-electron chi connectivity index (χ2n) is 8.72. The molecule has 3 aliphatic rings. The van der Waals surface area contributed by atoms with Gasteiger partial charge in [-0.15, -0.1) is 0 Å². The van der Waals surface area contributed by atoms with E-state index in [-0.39, 0.29) is 5.41 Å². The van der Waals surface area contributed by atoms with Gasteiger partial charge in [0.2, 0.25) is 4.91 Å². The molecule has 1 aromatic rings. The molecule has 0 heterocycles. The Morgan fingerprint density at radius 3 is 2.92 bits per heavy atom. The summed E-state index contributed by atoms with van der Waals surface area (Å²) in [6.45, 7) is 2.77. The molecule has 26 heavy (non-hydrogen) atoms. The zero-order valence-electron chi connectivity index (χ0n) is 15.9. The van der Waals surface area contributed by atoms with Crippen LogP contribution in [0.4, 0.5) is 0 Å². The lowest BCUT2D eigenvalue weighted by molar-refractivity contribution is -0.106. The van der Waals surface area contributed by atoms with Crippen molar-refractivity contribution in [1.29, 1.82) is 5.53 Å². The summed E-state index contributed by atoms with van der Waals surface area (Å²) in [6, 6.07) is 6.60. The third-order valence-electron chi connectivity index (χ3n) is 7.95. The van der Waals surface area contributed by atoms with Crippen molar-refractivity contribution >= 4 is 0 Å². The van der Waals surface area contributed by atoms with Crippen LogP contribution in [-0.2, 0) is 6.42 Å². The molecular formula is C21H30N3O2+. The van der Waals surface area contributed by atoms with Gasteiger partial charge >= 0.3 is 0 Å². The Hall–Kier alpha value is -1.71. The van der Waals surface area contributed by atoms with Gasteiger partial charge in [0.15, 0.2) is 0 Å². The van der Waals surface area contributed by atoms with Crippen molar-refractivity contribution in [2.24, 2.45) is 22.4 Å². The first-order chi connectivity index (χ1) is 12.5. The van der Waals surface area contributed by atoms with E-state index in [1.54, 1.807) is 7.11 Å². The van der Waals surface area contributed by atoms with Gasteiger partial charge in [-0.1, -0.05) is 13.0 Å². The Labute approximate surface area is 155 Å². The molecule has 0 amide bonds. The van der Waals surface area contributed by atoms with Gasteiger partial charge in [-0.2, -0.15) is 0 Å². The number of rotatable bonds is 4. The van der Waals surface area contributed by atoms with Gasteiger partial charge in [-0.3, -0.25) is 0 Å². The van der Waals surface area contributed by atoms with E-state index in [2.05, 4.69) is 35.1 Å². The monoisotopic (exact) mass is 356 g/mol. The summed E-state index contributed by atoms with van der Waals surface area (Å²) in [6.07, 6.45) is 7.16. The molecule has 4 rings (SSSR count). The topological polar surface area (TPSA) is 79.8 Å². The highest BCUT2D eigenvalue weighted by atomic mass is 16.5. The van der Waals surface area contributed by atoms with Crippen LogP contribution in [0.15, 0.2) is 23.3 Å². The van der Waals surface area contributed by atoms with Crippen molar-refractivity contribution in [2.75, 3.05) is 13.7 Å². The summed E-state index contributed by atoms with van der Waals surface area (Å²) in [5.41, 5.74) is 9.14. The van der Waals surface area contributed by atoms with Crippen molar-refractivity contribution in [3.8, 4) is 5.75 Å². The zero-order valence-corrected chi connectivity index (χ0v) is 15.9. The molecule has 5 atom stereocenters. The van der Waals surface area contributed by atoms with Crippen LogP contribution in [-0.4, -0.2) is 24.4 Å². The molecule has 0 spiro atoms. The van der Waals surface area contributed by atoms with Crippen molar-refractivity contribution in [2.45, 2.75) is 63.4 Å². The summed E-state index contributed by atoms with van der Waals surface area (Å²) < 4.78 is 5.41. The predicted molar refractivity (Wildman–Crippen MR) is 99.3 cm³/mol. The van der Waals surface area contributed by atoms with Gasteiger partial charge in [0, 0.05) is 6.42 Å². The summed E-state index contributed by atoms with van der Waals surface area (Å²) in [5.74, 6) is 2.83. The van der Waals surface area contributed by atoms with E-state index in [0.717, 1.165) is 37.9 Å². The van der Waals surface area contributed by atoms with Crippen LogP contribution in [0.25, 0.3) is 0 Å². The van der Waals surface area contributed by atoms with Gasteiger partial charge in [-0.05, 0) is 85.0 Å². The maximum atomic E-state index is 11.4. The Morgan fingerprint density at radius 2 is 2.15 bits per heavy atom. The number of fused-ring (bicyclic) bond motifs is 5. The quantitative estimate of drug-likeness (QED) is 0.625. The minimum atomic E-state index is -0.656. The fraction of sp³-hybridized carbons (Fsp3) is 0.714. The van der Waals surface area contributed by atoms with Gasteiger partial charge in [0.05, 0.1) is 12.7 Å². The van der Waals surface area contributed by atoms with Gasteiger partial charge < -0.3 is 9.84 Å². The van der Waals surface area contributed by atoms with Crippen LogP contribution in [0.2, 0.25) is 0 Å². The number of ether oxygens (including phenoxy) is 1. The number of hydrogen-bond donors (Lipinski definition) is 2. The van der Waals surface area contributed by atoms with Gasteiger partial charge in [0.1, 0.15) is 22.9 Å². The highest BCUT2D eigenvalue weighted by Gasteiger charge is 2.61. The molecule has 3 aliphatic carbocycles. The molecule has 2 saturated carbocycles. The summed E-state index contributed by atoms with van der Waals surface area (Å²) in [5, 5.41) is 15.2. The smallest absolute Gasteiger partial charge is 0.214 e. The zero-order chi connectivity index (χ0) is 18.4. The van der Waals surface area contributed by atoms with Crippen molar-refractivity contribution in [1.82, 2.24) is 4.91 Å². The molecule has 0 aromatic heterocycles. The molecule has 0 saturated heterocycles. The normalized spacial score (nSPS) is 37.9. The average Bonchev–Trinajstić information content (AvgIpc) is 2.92. The summed E-state index contributed by atoms with van der Waals surface area (Å²) in [7, 11) is 1.74. The molecule has 0 aliphatic heterocycles. The highest BCUT2D eigenvalue weighted by molar-refractivity contribution is 5.40. The minimum absolute atomic E-state index is 0.0321. The van der Waals surface area contributed by atoms with Crippen molar-refractivity contribution < 1.29 is 9.84 Å². The molecule has 2 fully saturated rings. The van der Waals surface area contributed by atoms with E-state index in [4.69, 9.17) is 10.3 Å². The van der Waals surface area contributed by atoms with Crippen LogP contribution < -0.4 is 9.65 Å². The minimum Gasteiger partial charge on any atom is -0.497 e. The number of aryl methyl sites for hydroxylation is 1. The molecule has 0 bridgehead atoms. The van der Waals surface area contributed by atoms with E-state index in [0.29, 0.717) is 30.7 Å². The lowest BCUT2D eigenvalue weighted by Crippen LogP contribution is -2.51. The first kappa shape index (κ1) is 17.7. The second-order valence-corrected chi connectivity index (χ2v) is 8.72. The Bertz CT molecular complexity index is 745. The van der Waals surface area contributed by atoms with Crippen molar-refractivity contribution in [3.05, 3.63) is 29.3 Å². The first-order valence-corrected chi connectivity index (χ1v) is 9.95. The molecule has 5 heteroatoms. The second kappa shape index (κ2) is 6.47. The van der Waals surface area contributed by atoms with Crippen LogP contribution in [0, 0.1) is 22.8 Å². The molecule has 5 unspecified atom stereocenters. The summed E-state index contributed by atoms with van der Waals surface area (Å²) in [4.78, 5) is 3.11. The van der Waals surface area contributed by atoms with Gasteiger partial charge in [0.25, 0.3) is 0 Å². The number of benzene rings is 1. The Morgan fingerprint density at radius 1 is 1.31 bits per heavy atom. The molecule has 140 valence electrons. The predicted octanol–water partition coefficient (Wildman–Crippen LogP) is 4.22. The third-order valence-corrected chi connectivity index (χ3v) is 7.95. The molecular weight excluding hydrogens is 326 g/mol. The van der Waals surface area contributed by atoms with E-state index in [1.165, 1.54) is 17.5 Å². The van der Waals surface area contributed by atoms with E-state index < -0.39 is 5.60 Å². The fourth-order valence-corrected chi connectivity index (χ4v) is 6.49. The Balaban J connectivity index is 1.60. The number of nitrogens with one attached hydrogen (secondary N) is 1. The number of hydrogen-bond acceptors (Lipinski definition) is 4. The van der Waals surface area contributed by atoms with Crippen LogP contribution >= 0.6 is 0 Å². The maximum Gasteiger partial charge on any atom is 0.214 e. The molecule has 1 aromatic carbocycles. The van der Waals surface area contributed by atoms with E-state index in [1.807, 2.05) is 0 Å². The summed E-state index contributed by atoms with van der Waals surface area (Å²) >= 11 is 0. The standard InChI is InChI=1S/C21H30N3O2/c1-20-9-7-17-16-6-4-15(26-2)13-14(16)3-5-18(17)19(20)8-10-21(20,25)11-12-23-24-22/h4,6,13,17-19,22,25H,3,5,7-12H2,1-2H3/q+1. The van der Waals surface area contributed by atoms with Gasteiger partial charge in [-0.25, -0.2) is 0 Å². The first-order valence-electron chi connectivity index (χ1n) is 9.95. The lowest BCUT2D eigenvalue weighted by atomic mass is 9.53. The van der Waals surface area contributed by atoms with E-state index in [9.17, 15) is 5.11 Å². The van der Waals surface area contributed by atoms with Crippen LogP contribution in [0.3, 0.4) is 0 Å². The van der Waals surface area contributed by atoms with Crippen LogP contribution in [0.5, 0.6) is 5.75 Å². The maximum absolute atomic E-state index is 11.4. The largest absolute Gasteiger partial charge is 0.497 e. The number of methoxy groups -OCH3 is 1. The molecule has 5 nitrogen and oxygen atoms in total. The SMILES string of the molecule is COc1ccc2c(c1)CCC1C2CCC2(C)C1CCC2(O)CCN=[N+]=N. The number of nitrogens with zero attached hydrogens (tertiary/aromatic N) is 2. The molecule has 2 N–H and O–H groups in total. The Kier molecular flexibility index (Phi) is 4.40. The number of aliphatic hydroxyl groups is 1. The average molecular weight is 356 g/mol. The lowest BCUT2D eigenvalue weighted by Gasteiger charge is -2.53. The fourth-order valence-electron chi connectivity index (χ4n) is 6.49. The van der Waals surface area contributed by atoms with E-state index >= 15 is 0 Å². The third kappa shape index (κ3) is 2.52. The van der Waals surface area contributed by atoms with Crippen LogP contribution in [0.1, 0.15) is 62.5 Å².